The lowest BCUT2D eigenvalue weighted by molar-refractivity contribution is -0.140. The Bertz CT molecular complexity index is 802. The molecule has 2 rings (SSSR count). The van der Waals surface area contributed by atoms with Gasteiger partial charge in [0.1, 0.15) is 18.7 Å². The van der Waals surface area contributed by atoms with Gasteiger partial charge in [-0.15, -0.1) is 0 Å². The van der Waals surface area contributed by atoms with Crippen molar-refractivity contribution >= 4 is 11.9 Å². The van der Waals surface area contributed by atoms with Crippen LogP contribution in [0.25, 0.3) is 0 Å². The summed E-state index contributed by atoms with van der Waals surface area (Å²) in [5.74, 6) is 4.75. The SMILES string of the molecule is C=C(COC(C)=O)[C@@H]1C(C(C#N)(C#N)C#CCOC(C)=O)=CC2CCC1C2. The van der Waals surface area contributed by atoms with E-state index in [0.717, 1.165) is 19.3 Å². The standard InChI is InChI=1S/C21H22N2O4/c1-14(11-27-16(3)25)20-18-6-5-17(9-18)10-19(20)21(12-22,13-23)7-4-8-26-15(2)24/h10,17-18,20H,1,5-6,8-9,11H2,2-3H3/t17?,18?,20-/m0/s1. The zero-order valence-electron chi connectivity index (χ0n) is 15.6. The summed E-state index contributed by atoms with van der Waals surface area (Å²) >= 11 is 0. The van der Waals surface area contributed by atoms with Crippen molar-refractivity contribution in [2.75, 3.05) is 13.2 Å². The highest BCUT2D eigenvalue weighted by Crippen LogP contribution is 2.51. The van der Waals surface area contributed by atoms with Crippen LogP contribution in [-0.4, -0.2) is 25.2 Å². The Morgan fingerprint density at radius 3 is 2.48 bits per heavy atom. The zero-order valence-corrected chi connectivity index (χ0v) is 15.6. The fraction of sp³-hybridized carbons (Fsp3) is 0.524. The molecule has 27 heavy (non-hydrogen) atoms. The number of nitriles is 2. The van der Waals surface area contributed by atoms with E-state index in [2.05, 4.69) is 18.4 Å². The highest BCUT2D eigenvalue weighted by atomic mass is 16.5. The summed E-state index contributed by atoms with van der Waals surface area (Å²) in [6.45, 7) is 6.52. The van der Waals surface area contributed by atoms with Gasteiger partial charge in [-0.05, 0) is 42.2 Å². The van der Waals surface area contributed by atoms with E-state index < -0.39 is 17.4 Å². The van der Waals surface area contributed by atoms with Crippen molar-refractivity contribution in [3.8, 4) is 24.0 Å². The predicted octanol–water partition coefficient (Wildman–Crippen LogP) is 2.68. The van der Waals surface area contributed by atoms with E-state index in [-0.39, 0.29) is 25.0 Å². The Morgan fingerprint density at radius 1 is 1.22 bits per heavy atom. The molecular formula is C21H22N2O4. The number of rotatable bonds is 5. The van der Waals surface area contributed by atoms with Crippen molar-refractivity contribution in [1.82, 2.24) is 0 Å². The van der Waals surface area contributed by atoms with Crippen molar-refractivity contribution in [2.24, 2.45) is 23.2 Å². The average Bonchev–Trinajstić information content (AvgIpc) is 3.01. The lowest BCUT2D eigenvalue weighted by Gasteiger charge is -2.35. The van der Waals surface area contributed by atoms with Gasteiger partial charge in [0.15, 0.2) is 6.61 Å². The first kappa shape index (κ1) is 20.3. The van der Waals surface area contributed by atoms with Gasteiger partial charge in [-0.3, -0.25) is 9.59 Å². The van der Waals surface area contributed by atoms with Gasteiger partial charge < -0.3 is 9.47 Å². The average molecular weight is 366 g/mol. The van der Waals surface area contributed by atoms with Gasteiger partial charge in [0.25, 0.3) is 0 Å². The molecule has 0 saturated heterocycles. The minimum absolute atomic E-state index is 0.0479. The summed E-state index contributed by atoms with van der Waals surface area (Å²) in [6, 6.07) is 4.10. The Hall–Kier alpha value is -3.04. The number of hydrogen-bond donors (Lipinski definition) is 0. The molecule has 140 valence electrons. The van der Waals surface area contributed by atoms with Gasteiger partial charge in [0.05, 0.1) is 0 Å². The molecule has 0 N–H and O–H groups in total. The summed E-state index contributed by atoms with van der Waals surface area (Å²) in [5.41, 5.74) is -0.372. The van der Waals surface area contributed by atoms with Gasteiger partial charge in [0.2, 0.25) is 5.41 Å². The molecule has 2 aliphatic rings. The molecule has 0 aliphatic heterocycles. The van der Waals surface area contributed by atoms with Crippen molar-refractivity contribution in [3.05, 3.63) is 23.8 Å². The minimum atomic E-state index is -1.65. The molecule has 2 aliphatic carbocycles. The molecular weight excluding hydrogens is 344 g/mol. The van der Waals surface area contributed by atoms with Gasteiger partial charge in [-0.25, -0.2) is 0 Å². The van der Waals surface area contributed by atoms with Crippen LogP contribution in [0, 0.1) is 57.7 Å². The first-order valence-corrected chi connectivity index (χ1v) is 8.82. The molecule has 0 aromatic heterocycles. The van der Waals surface area contributed by atoms with E-state index in [1.165, 1.54) is 13.8 Å². The van der Waals surface area contributed by atoms with Crippen LogP contribution in [0.15, 0.2) is 23.8 Å². The van der Waals surface area contributed by atoms with E-state index in [0.29, 0.717) is 17.1 Å². The third-order valence-corrected chi connectivity index (χ3v) is 5.03. The normalized spacial score (nSPS) is 23.0. The molecule has 6 nitrogen and oxygen atoms in total. The Balaban J connectivity index is 2.37. The summed E-state index contributed by atoms with van der Waals surface area (Å²) < 4.78 is 9.87. The molecule has 2 unspecified atom stereocenters. The Kier molecular flexibility index (Phi) is 6.43. The number of carbonyl (C=O) groups excluding carboxylic acids is 2. The second-order valence-electron chi connectivity index (χ2n) is 6.93. The van der Waals surface area contributed by atoms with Crippen LogP contribution in [0.5, 0.6) is 0 Å². The lowest BCUT2D eigenvalue weighted by Crippen LogP contribution is -2.32. The van der Waals surface area contributed by atoms with Gasteiger partial charge in [-0.2, -0.15) is 10.5 Å². The van der Waals surface area contributed by atoms with E-state index in [1.54, 1.807) is 0 Å². The van der Waals surface area contributed by atoms with Crippen LogP contribution in [0.2, 0.25) is 0 Å². The maximum Gasteiger partial charge on any atom is 0.303 e. The van der Waals surface area contributed by atoms with E-state index in [9.17, 15) is 20.1 Å². The fourth-order valence-corrected chi connectivity index (χ4v) is 3.90. The van der Waals surface area contributed by atoms with E-state index >= 15 is 0 Å². The van der Waals surface area contributed by atoms with Crippen LogP contribution in [0.1, 0.15) is 33.1 Å². The molecule has 0 radical (unpaired) electrons. The van der Waals surface area contributed by atoms with Crippen molar-refractivity contribution in [3.63, 3.8) is 0 Å². The molecule has 6 heteroatoms. The first-order valence-electron chi connectivity index (χ1n) is 8.82. The second-order valence-corrected chi connectivity index (χ2v) is 6.93. The van der Waals surface area contributed by atoms with Gasteiger partial charge >= 0.3 is 11.9 Å². The number of esters is 2. The summed E-state index contributed by atoms with van der Waals surface area (Å²) in [4.78, 5) is 22.1. The molecule has 3 atom stereocenters. The quantitative estimate of drug-likeness (QED) is 0.421. The molecule has 1 saturated carbocycles. The Morgan fingerprint density at radius 2 is 1.89 bits per heavy atom. The summed E-state index contributed by atoms with van der Waals surface area (Å²) in [6.07, 6.45) is 4.88. The van der Waals surface area contributed by atoms with E-state index in [4.69, 9.17) is 9.47 Å². The van der Waals surface area contributed by atoms with Crippen LogP contribution in [0.3, 0.4) is 0 Å². The van der Waals surface area contributed by atoms with Crippen molar-refractivity contribution in [1.29, 1.82) is 10.5 Å². The smallest absolute Gasteiger partial charge is 0.303 e. The third kappa shape index (κ3) is 4.57. The monoisotopic (exact) mass is 366 g/mol. The number of fused-ring (bicyclic) bond motifs is 2. The van der Waals surface area contributed by atoms with Crippen LogP contribution < -0.4 is 0 Å². The van der Waals surface area contributed by atoms with Crippen LogP contribution in [-0.2, 0) is 19.1 Å². The first-order chi connectivity index (χ1) is 12.8. The fourth-order valence-electron chi connectivity index (χ4n) is 3.90. The molecule has 2 bridgehead atoms. The van der Waals surface area contributed by atoms with Crippen molar-refractivity contribution < 1.29 is 19.1 Å². The number of hydrogen-bond acceptors (Lipinski definition) is 6. The molecule has 0 aromatic rings. The highest BCUT2D eigenvalue weighted by molar-refractivity contribution is 5.66. The number of nitrogens with zero attached hydrogens (tertiary/aromatic N) is 2. The van der Waals surface area contributed by atoms with E-state index in [1.807, 2.05) is 18.2 Å². The number of allylic oxidation sites excluding steroid dienone is 2. The molecule has 1 fully saturated rings. The summed E-state index contributed by atoms with van der Waals surface area (Å²) in [5, 5.41) is 19.6. The minimum Gasteiger partial charge on any atom is -0.461 e. The maximum absolute atomic E-state index is 11.2. The highest BCUT2D eigenvalue weighted by Gasteiger charge is 2.47. The summed E-state index contributed by atoms with van der Waals surface area (Å²) in [7, 11) is 0. The largest absolute Gasteiger partial charge is 0.461 e. The van der Waals surface area contributed by atoms with Gasteiger partial charge in [-0.1, -0.05) is 24.5 Å². The second kappa shape index (κ2) is 8.56. The third-order valence-electron chi connectivity index (χ3n) is 5.03. The molecule has 0 heterocycles. The zero-order chi connectivity index (χ0) is 20.0. The van der Waals surface area contributed by atoms with Crippen LogP contribution >= 0.6 is 0 Å². The lowest BCUT2D eigenvalue weighted by atomic mass is 9.66. The topological polar surface area (TPSA) is 100 Å². The molecule has 0 amide bonds. The molecule has 0 spiro atoms. The number of ether oxygens (including phenoxy) is 2. The number of carbonyl (C=O) groups is 2. The molecule has 0 aromatic carbocycles. The van der Waals surface area contributed by atoms with Crippen LogP contribution in [0.4, 0.5) is 0 Å². The van der Waals surface area contributed by atoms with Crippen molar-refractivity contribution in [2.45, 2.75) is 33.1 Å². The Labute approximate surface area is 159 Å². The maximum atomic E-state index is 11.2. The predicted molar refractivity (Wildman–Crippen MR) is 96.2 cm³/mol. The van der Waals surface area contributed by atoms with Gasteiger partial charge in [0, 0.05) is 19.8 Å².